The van der Waals surface area contributed by atoms with Gasteiger partial charge in [0.05, 0.1) is 0 Å². The third-order valence-electron chi connectivity index (χ3n) is 2.22. The second kappa shape index (κ2) is 3.92. The van der Waals surface area contributed by atoms with Crippen LogP contribution in [0.3, 0.4) is 0 Å². The lowest BCUT2D eigenvalue weighted by molar-refractivity contribution is 0.242. The lowest BCUT2D eigenvalue weighted by Gasteiger charge is -1.91. The Morgan fingerprint density at radius 1 is 1.07 bits per heavy atom. The van der Waals surface area contributed by atoms with Gasteiger partial charge in [-0.3, -0.25) is 0 Å². The van der Waals surface area contributed by atoms with Crippen LogP contribution in [0.1, 0.15) is 17.1 Å². The molecule has 0 atom stereocenters. The summed E-state index contributed by atoms with van der Waals surface area (Å²) in [6.45, 7) is 1.60. The van der Waals surface area contributed by atoms with Crippen LogP contribution in [-0.4, -0.2) is 10.2 Å². The van der Waals surface area contributed by atoms with E-state index in [0.29, 0.717) is 23.0 Å². The highest BCUT2D eigenvalue weighted by Gasteiger charge is 2.11. The van der Waals surface area contributed by atoms with Crippen molar-refractivity contribution in [2.45, 2.75) is 20.1 Å². The van der Waals surface area contributed by atoms with E-state index in [2.05, 4.69) is 0 Å². The maximum atomic E-state index is 8.97. The fraction of sp³-hybridized carbons (Fsp3) is 0.273. The monoisotopic (exact) mass is 208 g/mol. The average molecular weight is 208 g/mol. The van der Waals surface area contributed by atoms with Crippen molar-refractivity contribution in [2.24, 2.45) is 0 Å². The molecule has 0 amide bonds. The van der Waals surface area contributed by atoms with E-state index in [1.54, 1.807) is 18.2 Å². The van der Waals surface area contributed by atoms with Crippen molar-refractivity contribution in [3.63, 3.8) is 0 Å². The predicted octanol–water partition coefficient (Wildman–Crippen LogP) is 1.83. The van der Waals surface area contributed by atoms with Crippen LogP contribution in [-0.2, 0) is 13.2 Å². The van der Waals surface area contributed by atoms with E-state index in [0.717, 1.165) is 5.56 Å². The van der Waals surface area contributed by atoms with Gasteiger partial charge in [0.15, 0.2) is 11.5 Å². The third-order valence-corrected chi connectivity index (χ3v) is 2.22. The Labute approximate surface area is 86.8 Å². The predicted molar refractivity (Wildman–Crippen MR) is 53.0 cm³/mol. The molecule has 0 aliphatic heterocycles. The summed E-state index contributed by atoms with van der Waals surface area (Å²) in [4.78, 5) is 0. The standard InChI is InChI=1S/C11H12O4/c1-7-4-10(15-11(7)6-13)9-3-2-8(5-12)14-9/h2-4,12-13H,5-6H2,1H3. The third kappa shape index (κ3) is 1.82. The van der Waals surface area contributed by atoms with E-state index in [-0.39, 0.29) is 13.2 Å². The van der Waals surface area contributed by atoms with Crippen LogP contribution >= 0.6 is 0 Å². The Balaban J connectivity index is 2.36. The van der Waals surface area contributed by atoms with E-state index < -0.39 is 0 Å². The molecule has 2 heterocycles. The highest BCUT2D eigenvalue weighted by molar-refractivity contribution is 5.52. The van der Waals surface area contributed by atoms with Gasteiger partial charge in [-0.15, -0.1) is 0 Å². The number of hydrogen-bond donors (Lipinski definition) is 2. The van der Waals surface area contributed by atoms with Crippen molar-refractivity contribution < 1.29 is 19.0 Å². The van der Waals surface area contributed by atoms with Crippen molar-refractivity contribution in [2.75, 3.05) is 0 Å². The second-order valence-corrected chi connectivity index (χ2v) is 3.30. The maximum absolute atomic E-state index is 8.97. The molecule has 2 aromatic rings. The Hall–Kier alpha value is -1.52. The minimum absolute atomic E-state index is 0.126. The van der Waals surface area contributed by atoms with Crippen molar-refractivity contribution in [3.8, 4) is 11.5 Å². The van der Waals surface area contributed by atoms with Gasteiger partial charge in [-0.25, -0.2) is 0 Å². The van der Waals surface area contributed by atoms with Crippen LogP contribution in [0, 0.1) is 6.92 Å². The highest BCUT2D eigenvalue weighted by Crippen LogP contribution is 2.27. The number of aliphatic hydroxyl groups is 2. The summed E-state index contributed by atoms with van der Waals surface area (Å²) in [5.41, 5.74) is 0.884. The van der Waals surface area contributed by atoms with Crippen LogP contribution in [0.2, 0.25) is 0 Å². The van der Waals surface area contributed by atoms with E-state index in [4.69, 9.17) is 19.0 Å². The molecule has 2 aromatic heterocycles. The molecule has 2 N–H and O–H groups in total. The zero-order chi connectivity index (χ0) is 10.8. The van der Waals surface area contributed by atoms with Crippen LogP contribution in [0.25, 0.3) is 11.5 Å². The SMILES string of the molecule is Cc1cc(-c2ccc(CO)o2)oc1CO. The molecule has 0 saturated heterocycles. The number of aryl methyl sites for hydroxylation is 1. The highest BCUT2D eigenvalue weighted by atomic mass is 16.4. The summed E-state index contributed by atoms with van der Waals surface area (Å²) in [6.07, 6.45) is 0. The molecule has 0 bridgehead atoms. The molecule has 4 heteroatoms. The summed E-state index contributed by atoms with van der Waals surface area (Å²) in [7, 11) is 0. The molecule has 0 aromatic carbocycles. The van der Waals surface area contributed by atoms with Crippen molar-refractivity contribution in [1.82, 2.24) is 0 Å². The average Bonchev–Trinajstić information content (AvgIpc) is 2.83. The lowest BCUT2D eigenvalue weighted by atomic mass is 10.2. The first-order chi connectivity index (χ1) is 7.24. The quantitative estimate of drug-likeness (QED) is 0.807. The zero-order valence-electron chi connectivity index (χ0n) is 8.36. The molecule has 0 radical (unpaired) electrons. The molecule has 2 rings (SSSR count). The van der Waals surface area contributed by atoms with Crippen LogP contribution in [0.5, 0.6) is 0 Å². The van der Waals surface area contributed by atoms with E-state index in [9.17, 15) is 0 Å². The summed E-state index contributed by atoms with van der Waals surface area (Å²) in [6, 6.07) is 5.21. The first-order valence-corrected chi connectivity index (χ1v) is 4.64. The smallest absolute Gasteiger partial charge is 0.169 e. The van der Waals surface area contributed by atoms with Gasteiger partial charge in [0.25, 0.3) is 0 Å². The van der Waals surface area contributed by atoms with E-state index in [1.165, 1.54) is 0 Å². The Morgan fingerprint density at radius 2 is 1.87 bits per heavy atom. The normalized spacial score (nSPS) is 10.9. The summed E-state index contributed by atoms with van der Waals surface area (Å²) in [5, 5.41) is 17.8. The molecule has 0 fully saturated rings. The molecule has 80 valence electrons. The summed E-state index contributed by atoms with van der Waals surface area (Å²) in [5.74, 6) is 2.15. The minimum Gasteiger partial charge on any atom is -0.455 e. The fourth-order valence-corrected chi connectivity index (χ4v) is 1.39. The van der Waals surface area contributed by atoms with Crippen molar-refractivity contribution >= 4 is 0 Å². The van der Waals surface area contributed by atoms with Crippen LogP contribution in [0.15, 0.2) is 27.0 Å². The summed E-state index contributed by atoms with van der Waals surface area (Å²) < 4.78 is 10.7. The molecule has 0 unspecified atom stereocenters. The van der Waals surface area contributed by atoms with Crippen molar-refractivity contribution in [3.05, 3.63) is 35.3 Å². The Morgan fingerprint density at radius 3 is 2.40 bits per heavy atom. The molecular weight excluding hydrogens is 196 g/mol. The van der Waals surface area contributed by atoms with Gasteiger partial charge < -0.3 is 19.0 Å². The Kier molecular flexibility index (Phi) is 2.62. The van der Waals surface area contributed by atoms with Gasteiger partial charge in [0.2, 0.25) is 0 Å². The number of hydrogen-bond acceptors (Lipinski definition) is 4. The van der Waals surface area contributed by atoms with Gasteiger partial charge in [0, 0.05) is 0 Å². The minimum atomic E-state index is -0.132. The maximum Gasteiger partial charge on any atom is 0.169 e. The van der Waals surface area contributed by atoms with Gasteiger partial charge >= 0.3 is 0 Å². The molecule has 0 spiro atoms. The van der Waals surface area contributed by atoms with Crippen molar-refractivity contribution in [1.29, 1.82) is 0 Å². The Bertz CT molecular complexity index is 453. The molecular formula is C11H12O4. The van der Waals surface area contributed by atoms with E-state index in [1.807, 2.05) is 6.92 Å². The van der Waals surface area contributed by atoms with E-state index >= 15 is 0 Å². The first kappa shape index (κ1) is 10.0. The summed E-state index contributed by atoms with van der Waals surface area (Å²) >= 11 is 0. The number of aliphatic hydroxyl groups excluding tert-OH is 2. The van der Waals surface area contributed by atoms with Gasteiger partial charge in [-0.2, -0.15) is 0 Å². The van der Waals surface area contributed by atoms with Crippen LogP contribution < -0.4 is 0 Å². The molecule has 4 nitrogen and oxygen atoms in total. The molecule has 15 heavy (non-hydrogen) atoms. The van der Waals surface area contributed by atoms with Crippen LogP contribution in [0.4, 0.5) is 0 Å². The first-order valence-electron chi connectivity index (χ1n) is 4.64. The van der Waals surface area contributed by atoms with Gasteiger partial charge in [-0.05, 0) is 30.7 Å². The van der Waals surface area contributed by atoms with Gasteiger partial charge in [-0.1, -0.05) is 0 Å². The van der Waals surface area contributed by atoms with Gasteiger partial charge in [0.1, 0.15) is 24.7 Å². The topological polar surface area (TPSA) is 66.7 Å². The number of furan rings is 2. The largest absolute Gasteiger partial charge is 0.455 e. The fourth-order valence-electron chi connectivity index (χ4n) is 1.39. The number of rotatable bonds is 3. The molecule has 0 aliphatic rings. The lowest BCUT2D eigenvalue weighted by Crippen LogP contribution is -1.79. The molecule has 0 aliphatic carbocycles. The second-order valence-electron chi connectivity index (χ2n) is 3.30. The zero-order valence-corrected chi connectivity index (χ0v) is 8.36. The molecule has 0 saturated carbocycles.